The number of halogens is 12. The molecular formula is C16F12S. The summed E-state index contributed by atoms with van der Waals surface area (Å²) < 4.78 is 164. The second-order valence-corrected chi connectivity index (χ2v) is 6.30. The van der Waals surface area contributed by atoms with Crippen LogP contribution in [0.2, 0.25) is 0 Å². The fraction of sp³-hybridized carbons (Fsp3) is 0. The number of hydrogen-bond donors (Lipinski definition) is 0. The van der Waals surface area contributed by atoms with Crippen molar-refractivity contribution in [2.45, 2.75) is 9.79 Å². The van der Waals surface area contributed by atoms with Crippen LogP contribution < -0.4 is 0 Å². The Labute approximate surface area is 155 Å². The average Bonchev–Trinajstić information content (AvgIpc) is 2.69. The molecule has 0 atom stereocenters. The molecule has 0 heterocycles. The third-order valence-electron chi connectivity index (χ3n) is 3.67. The minimum absolute atomic E-state index is 0.907. The zero-order chi connectivity index (χ0) is 21.9. The normalized spacial score (nSPS) is 11.6. The Morgan fingerprint density at radius 1 is 0.276 bits per heavy atom. The molecule has 0 amide bonds. The van der Waals surface area contributed by atoms with Crippen LogP contribution >= 0.6 is 11.8 Å². The maximum absolute atomic E-state index is 14.5. The lowest BCUT2D eigenvalue weighted by molar-refractivity contribution is 0.360. The number of rotatable bonds is 2. The summed E-state index contributed by atoms with van der Waals surface area (Å²) >= 11 is -0.907. The van der Waals surface area contributed by atoms with Crippen LogP contribution in [0.4, 0.5) is 52.7 Å². The van der Waals surface area contributed by atoms with Crippen LogP contribution in [0, 0.1) is 69.8 Å². The maximum atomic E-state index is 14.5. The van der Waals surface area contributed by atoms with Crippen molar-refractivity contribution in [2.75, 3.05) is 0 Å². The largest absolute Gasteiger partial charge is 0.205 e. The first-order chi connectivity index (χ1) is 13.4. The van der Waals surface area contributed by atoms with E-state index in [0.717, 1.165) is 0 Å². The van der Waals surface area contributed by atoms with E-state index in [-0.39, 0.29) is 0 Å². The number of fused-ring (bicyclic) bond motifs is 1. The second kappa shape index (κ2) is 7.04. The minimum Gasteiger partial charge on any atom is -0.205 e. The molecular weight excluding hydrogens is 452 g/mol. The smallest absolute Gasteiger partial charge is 0.200 e. The molecule has 0 spiro atoms. The Morgan fingerprint density at radius 2 is 0.517 bits per heavy atom. The summed E-state index contributed by atoms with van der Waals surface area (Å²) in [6.07, 6.45) is 0. The first-order valence-electron chi connectivity index (χ1n) is 6.93. The highest BCUT2D eigenvalue weighted by atomic mass is 32.2. The van der Waals surface area contributed by atoms with Gasteiger partial charge in [-0.2, -0.15) is 0 Å². The van der Waals surface area contributed by atoms with Crippen LogP contribution in [-0.2, 0) is 0 Å². The molecule has 3 aromatic carbocycles. The predicted molar refractivity (Wildman–Crippen MR) is 74.0 cm³/mol. The van der Waals surface area contributed by atoms with Gasteiger partial charge in [0.1, 0.15) is 0 Å². The molecule has 13 heteroatoms. The summed E-state index contributed by atoms with van der Waals surface area (Å²) in [6.45, 7) is 0. The predicted octanol–water partition coefficient (Wildman–Crippen LogP) is 6.66. The van der Waals surface area contributed by atoms with Crippen molar-refractivity contribution in [3.8, 4) is 0 Å². The van der Waals surface area contributed by atoms with E-state index in [2.05, 4.69) is 0 Å². The molecule has 0 nitrogen and oxygen atoms in total. The molecule has 29 heavy (non-hydrogen) atoms. The fourth-order valence-corrected chi connectivity index (χ4v) is 3.26. The van der Waals surface area contributed by atoms with Crippen LogP contribution in [0.1, 0.15) is 0 Å². The summed E-state index contributed by atoms with van der Waals surface area (Å²) in [5.41, 5.74) is 0. The van der Waals surface area contributed by atoms with Crippen LogP contribution in [-0.4, -0.2) is 0 Å². The third kappa shape index (κ3) is 2.90. The summed E-state index contributed by atoms with van der Waals surface area (Å²) in [4.78, 5) is -3.82. The Balaban J connectivity index is 2.40. The topological polar surface area (TPSA) is 0 Å². The zero-order valence-electron chi connectivity index (χ0n) is 12.9. The lowest BCUT2D eigenvalue weighted by atomic mass is 10.1. The highest BCUT2D eigenvalue weighted by Crippen LogP contribution is 2.42. The van der Waals surface area contributed by atoms with Gasteiger partial charge in [-0.25, -0.2) is 52.7 Å². The Kier molecular flexibility index (Phi) is 5.13. The summed E-state index contributed by atoms with van der Waals surface area (Å²) in [5, 5.41) is -3.98. The SMILES string of the molecule is Fc1c(F)c(F)c(Sc2c(F)c(F)c3c(F)c(F)c(F)c(F)c3c2F)c(F)c1F. The summed E-state index contributed by atoms with van der Waals surface area (Å²) in [7, 11) is 0. The van der Waals surface area contributed by atoms with E-state index >= 15 is 0 Å². The molecule has 3 aromatic rings. The van der Waals surface area contributed by atoms with Crippen molar-refractivity contribution in [2.24, 2.45) is 0 Å². The molecule has 0 N–H and O–H groups in total. The monoisotopic (exact) mass is 452 g/mol. The van der Waals surface area contributed by atoms with Gasteiger partial charge in [0.25, 0.3) is 0 Å². The summed E-state index contributed by atoms with van der Waals surface area (Å²) in [5.74, 6) is -30.4. The first-order valence-corrected chi connectivity index (χ1v) is 7.74. The number of benzene rings is 3. The molecule has 0 aliphatic carbocycles. The van der Waals surface area contributed by atoms with Crippen LogP contribution in [0.5, 0.6) is 0 Å². The van der Waals surface area contributed by atoms with E-state index in [0.29, 0.717) is 0 Å². The van der Waals surface area contributed by atoms with Gasteiger partial charge in [0.05, 0.1) is 20.6 Å². The average molecular weight is 452 g/mol. The fourth-order valence-electron chi connectivity index (χ4n) is 2.33. The molecule has 0 saturated heterocycles. The standard InChI is InChI=1S/C16F12S/c17-3-1-2(4(18)8(22)7(3)21)6(20)15(12(26)5(1)19)29-16-13(27)10(24)9(23)11(25)14(16)28. The third-order valence-corrected chi connectivity index (χ3v) is 4.80. The Morgan fingerprint density at radius 3 is 0.966 bits per heavy atom. The first kappa shape index (κ1) is 21.1. The van der Waals surface area contributed by atoms with Crippen LogP contribution in [0.15, 0.2) is 9.79 Å². The van der Waals surface area contributed by atoms with Crippen molar-refractivity contribution in [3.63, 3.8) is 0 Å². The summed E-state index contributed by atoms with van der Waals surface area (Å²) in [6, 6.07) is 0. The molecule has 0 fully saturated rings. The molecule has 0 saturated carbocycles. The van der Waals surface area contributed by atoms with Crippen molar-refractivity contribution >= 4 is 22.5 Å². The molecule has 0 aliphatic rings. The van der Waals surface area contributed by atoms with Crippen LogP contribution in [0.3, 0.4) is 0 Å². The van der Waals surface area contributed by atoms with Gasteiger partial charge in [-0.15, -0.1) is 0 Å². The van der Waals surface area contributed by atoms with Crippen molar-refractivity contribution < 1.29 is 52.7 Å². The molecule has 0 unspecified atom stereocenters. The Hall–Kier alpha value is -2.57. The van der Waals surface area contributed by atoms with Crippen molar-refractivity contribution in [3.05, 3.63) is 69.8 Å². The molecule has 0 aromatic heterocycles. The van der Waals surface area contributed by atoms with Crippen molar-refractivity contribution in [1.29, 1.82) is 0 Å². The van der Waals surface area contributed by atoms with Gasteiger partial charge in [0.2, 0.25) is 5.82 Å². The van der Waals surface area contributed by atoms with E-state index in [4.69, 9.17) is 0 Å². The highest BCUT2D eigenvalue weighted by molar-refractivity contribution is 7.99. The van der Waals surface area contributed by atoms with E-state index in [1.165, 1.54) is 0 Å². The molecule has 154 valence electrons. The minimum atomic E-state index is -2.62. The van der Waals surface area contributed by atoms with Gasteiger partial charge in [0, 0.05) is 0 Å². The Bertz CT molecular complexity index is 1170. The molecule has 0 radical (unpaired) electrons. The highest BCUT2D eigenvalue weighted by Gasteiger charge is 2.33. The molecule has 3 rings (SSSR count). The second-order valence-electron chi connectivity index (χ2n) is 5.28. The van der Waals surface area contributed by atoms with Gasteiger partial charge in [0.15, 0.2) is 64.0 Å². The van der Waals surface area contributed by atoms with E-state index in [1.807, 2.05) is 0 Å². The lowest BCUT2D eigenvalue weighted by Crippen LogP contribution is -2.07. The van der Waals surface area contributed by atoms with Gasteiger partial charge in [-0.1, -0.05) is 11.8 Å². The maximum Gasteiger partial charge on any atom is 0.200 e. The van der Waals surface area contributed by atoms with E-state index < -0.39 is 102 Å². The molecule has 0 aliphatic heterocycles. The lowest BCUT2D eigenvalue weighted by Gasteiger charge is -2.13. The van der Waals surface area contributed by atoms with Gasteiger partial charge in [-0.05, 0) is 0 Å². The quantitative estimate of drug-likeness (QED) is 0.238. The van der Waals surface area contributed by atoms with Gasteiger partial charge in [-0.3, -0.25) is 0 Å². The zero-order valence-corrected chi connectivity index (χ0v) is 13.8. The van der Waals surface area contributed by atoms with E-state index in [1.54, 1.807) is 0 Å². The van der Waals surface area contributed by atoms with Gasteiger partial charge >= 0.3 is 0 Å². The van der Waals surface area contributed by atoms with Crippen LogP contribution in [0.25, 0.3) is 10.8 Å². The number of hydrogen-bond acceptors (Lipinski definition) is 1. The molecule has 0 bridgehead atoms. The van der Waals surface area contributed by atoms with Gasteiger partial charge < -0.3 is 0 Å². The van der Waals surface area contributed by atoms with Crippen molar-refractivity contribution in [1.82, 2.24) is 0 Å². The van der Waals surface area contributed by atoms with E-state index in [9.17, 15) is 52.7 Å².